The van der Waals surface area contributed by atoms with Crippen LogP contribution in [-0.2, 0) is 0 Å². The topological polar surface area (TPSA) is 67.4 Å². The third-order valence-electron chi connectivity index (χ3n) is 8.91. The highest BCUT2D eigenvalue weighted by atomic mass is 15.1. The number of hydrogen-bond donors (Lipinski definition) is 1. The first-order chi connectivity index (χ1) is 21.2. The van der Waals surface area contributed by atoms with E-state index in [-0.39, 0.29) is 17.9 Å². The molecule has 2 aromatic heterocycles. The van der Waals surface area contributed by atoms with Gasteiger partial charge in [-0.3, -0.25) is 9.98 Å². The van der Waals surface area contributed by atoms with Gasteiger partial charge in [-0.1, -0.05) is 85.0 Å². The Balaban J connectivity index is 1.18. The van der Waals surface area contributed by atoms with Crippen LogP contribution in [0.4, 0.5) is 0 Å². The van der Waals surface area contributed by atoms with Crippen LogP contribution >= 0.6 is 0 Å². The predicted octanol–water partition coefficient (Wildman–Crippen LogP) is 7.78. The summed E-state index contributed by atoms with van der Waals surface area (Å²) in [7, 11) is 0. The summed E-state index contributed by atoms with van der Waals surface area (Å²) in [5.41, 5.74) is 16.3. The van der Waals surface area contributed by atoms with Crippen LogP contribution in [0.25, 0.3) is 33.8 Å². The minimum atomic E-state index is -0.0344. The molecule has 5 nitrogen and oxygen atoms in total. The van der Waals surface area contributed by atoms with Gasteiger partial charge in [0, 0.05) is 48.1 Å². The number of allylic oxidation sites excluding steroid dienone is 4. The Bertz CT molecular complexity index is 1730. The van der Waals surface area contributed by atoms with Crippen LogP contribution in [0.15, 0.2) is 144 Å². The molecule has 2 aliphatic carbocycles. The lowest BCUT2D eigenvalue weighted by Crippen LogP contribution is -2.34. The SMILES string of the molecule is C=NC1=C(N2C=CC=CC2)C(c2ccc(-c3ccc(-c4cccc(-c5ccccn5)n4)cc3)cc2)C[C@H]2C=CC(N)C1C2. The van der Waals surface area contributed by atoms with E-state index >= 15 is 0 Å². The van der Waals surface area contributed by atoms with Gasteiger partial charge in [-0.15, -0.1) is 0 Å². The number of nitrogens with zero attached hydrogens (tertiary/aromatic N) is 4. The Morgan fingerprint density at radius 3 is 2.23 bits per heavy atom. The lowest BCUT2D eigenvalue weighted by molar-refractivity contribution is 0.397. The molecular weight excluding hydrogens is 526 g/mol. The van der Waals surface area contributed by atoms with Gasteiger partial charge in [0.15, 0.2) is 0 Å². The van der Waals surface area contributed by atoms with Crippen LogP contribution in [0.5, 0.6) is 0 Å². The van der Waals surface area contributed by atoms with E-state index in [1.54, 1.807) is 6.20 Å². The van der Waals surface area contributed by atoms with Gasteiger partial charge < -0.3 is 10.6 Å². The molecule has 5 heteroatoms. The van der Waals surface area contributed by atoms with Crippen molar-refractivity contribution in [2.24, 2.45) is 22.6 Å². The fourth-order valence-electron chi connectivity index (χ4n) is 6.71. The third-order valence-corrected chi connectivity index (χ3v) is 8.91. The molecule has 1 aliphatic heterocycles. The Morgan fingerprint density at radius 1 is 0.767 bits per heavy atom. The van der Waals surface area contributed by atoms with Gasteiger partial charge in [-0.05, 0) is 72.5 Å². The second kappa shape index (κ2) is 11.8. The standard InChI is InChI=1S/C38H35N5/c1-40-37-32-25-26(11-20-33(32)39)24-31(38(37)43-22-5-2-6-23-43)29-16-12-27(13-17-29)28-14-18-30(19-15-28)34-9-7-10-36(42-34)35-8-3-4-21-41-35/h2-22,26,31-33H,1,23-25,39H2/t26-,31?,32?,33?/m1/s1. The van der Waals surface area contributed by atoms with E-state index in [4.69, 9.17) is 10.7 Å². The number of pyridine rings is 2. The summed E-state index contributed by atoms with van der Waals surface area (Å²) in [6.45, 7) is 4.84. The van der Waals surface area contributed by atoms with Crippen molar-refractivity contribution in [3.05, 3.63) is 145 Å². The van der Waals surface area contributed by atoms with Crippen LogP contribution in [0.2, 0.25) is 0 Å². The van der Waals surface area contributed by atoms with Crippen LogP contribution in [-0.4, -0.2) is 34.2 Å². The zero-order valence-electron chi connectivity index (χ0n) is 24.1. The molecule has 0 saturated heterocycles. The first-order valence-corrected chi connectivity index (χ1v) is 15.0. The fourth-order valence-corrected chi connectivity index (χ4v) is 6.71. The van der Waals surface area contributed by atoms with E-state index in [1.807, 2.05) is 36.4 Å². The molecule has 43 heavy (non-hydrogen) atoms. The maximum absolute atomic E-state index is 6.60. The average Bonchev–Trinajstić information content (AvgIpc) is 3.22. The van der Waals surface area contributed by atoms with Gasteiger partial charge in [0.1, 0.15) is 0 Å². The molecule has 4 atom stereocenters. The minimum Gasteiger partial charge on any atom is -0.345 e. The maximum Gasteiger partial charge on any atom is 0.0893 e. The zero-order chi connectivity index (χ0) is 29.2. The van der Waals surface area contributed by atoms with E-state index in [2.05, 4.69) is 107 Å². The van der Waals surface area contributed by atoms with Crippen molar-refractivity contribution in [1.82, 2.24) is 14.9 Å². The number of fused-ring (bicyclic) bond motifs is 2. The Kier molecular flexibility index (Phi) is 7.40. The molecule has 0 spiro atoms. The predicted molar refractivity (Wildman–Crippen MR) is 176 cm³/mol. The Morgan fingerprint density at radius 2 is 1.51 bits per heavy atom. The van der Waals surface area contributed by atoms with Gasteiger partial charge in [-0.25, -0.2) is 4.98 Å². The van der Waals surface area contributed by atoms with Crippen molar-refractivity contribution < 1.29 is 0 Å². The van der Waals surface area contributed by atoms with Crippen LogP contribution in [0.3, 0.4) is 0 Å². The number of nitrogens with two attached hydrogens (primary N) is 1. The molecule has 7 rings (SSSR count). The quantitative estimate of drug-likeness (QED) is 0.193. The zero-order valence-corrected chi connectivity index (χ0v) is 24.1. The van der Waals surface area contributed by atoms with Gasteiger partial charge in [0.05, 0.1) is 22.8 Å². The highest BCUT2D eigenvalue weighted by Crippen LogP contribution is 2.46. The number of aliphatic imine (C=N–C) groups is 1. The van der Waals surface area contributed by atoms with Crippen molar-refractivity contribution in [3.63, 3.8) is 0 Å². The summed E-state index contributed by atoms with van der Waals surface area (Å²) < 4.78 is 0. The number of benzene rings is 2. The van der Waals surface area contributed by atoms with Crippen molar-refractivity contribution in [2.45, 2.75) is 24.8 Å². The molecule has 3 aliphatic rings. The van der Waals surface area contributed by atoms with E-state index < -0.39 is 0 Å². The molecule has 2 N–H and O–H groups in total. The summed E-state index contributed by atoms with van der Waals surface area (Å²) in [4.78, 5) is 16.3. The molecular formula is C38H35N5. The van der Waals surface area contributed by atoms with Crippen LogP contribution in [0.1, 0.15) is 24.3 Å². The summed E-state index contributed by atoms with van der Waals surface area (Å²) in [6.07, 6.45) is 16.9. The highest BCUT2D eigenvalue weighted by Gasteiger charge is 2.38. The van der Waals surface area contributed by atoms with Crippen molar-refractivity contribution in [2.75, 3.05) is 6.54 Å². The maximum atomic E-state index is 6.60. The van der Waals surface area contributed by atoms with Gasteiger partial charge in [-0.2, -0.15) is 0 Å². The monoisotopic (exact) mass is 561 g/mol. The normalized spacial score (nSPS) is 22.9. The Hall–Kier alpha value is -4.87. The third kappa shape index (κ3) is 5.40. The lowest BCUT2D eigenvalue weighted by atomic mass is 9.81. The number of rotatable bonds is 6. The smallest absolute Gasteiger partial charge is 0.0893 e. The molecule has 0 fully saturated rings. The first-order valence-electron chi connectivity index (χ1n) is 15.0. The highest BCUT2D eigenvalue weighted by molar-refractivity contribution is 5.70. The lowest BCUT2D eigenvalue weighted by Gasteiger charge is -2.32. The molecule has 0 radical (unpaired) electrons. The molecule has 2 aromatic carbocycles. The summed E-state index contributed by atoms with van der Waals surface area (Å²) in [5.74, 6) is 0.851. The van der Waals surface area contributed by atoms with Crippen molar-refractivity contribution in [1.29, 1.82) is 0 Å². The van der Waals surface area contributed by atoms with Gasteiger partial charge in [0.25, 0.3) is 0 Å². The van der Waals surface area contributed by atoms with Crippen LogP contribution in [0, 0.1) is 11.8 Å². The number of hydrogen-bond acceptors (Lipinski definition) is 5. The molecule has 3 unspecified atom stereocenters. The first kappa shape index (κ1) is 27.0. The molecule has 0 amide bonds. The van der Waals surface area contributed by atoms with E-state index in [1.165, 1.54) is 22.4 Å². The van der Waals surface area contributed by atoms with Gasteiger partial charge in [0.2, 0.25) is 0 Å². The van der Waals surface area contributed by atoms with Gasteiger partial charge >= 0.3 is 0 Å². The number of aromatic nitrogens is 2. The summed E-state index contributed by atoms with van der Waals surface area (Å²) >= 11 is 0. The van der Waals surface area contributed by atoms with Crippen molar-refractivity contribution >= 4 is 6.72 Å². The van der Waals surface area contributed by atoms with Crippen LogP contribution < -0.4 is 5.73 Å². The molecule has 2 bridgehead atoms. The fraction of sp³-hybridized carbons (Fsp3) is 0.184. The van der Waals surface area contributed by atoms with E-state index in [9.17, 15) is 0 Å². The molecule has 212 valence electrons. The van der Waals surface area contributed by atoms with E-state index in [0.717, 1.165) is 47.7 Å². The summed E-state index contributed by atoms with van der Waals surface area (Å²) in [6, 6.07) is 29.6. The largest absolute Gasteiger partial charge is 0.345 e. The van der Waals surface area contributed by atoms with Crippen molar-refractivity contribution in [3.8, 4) is 33.8 Å². The average molecular weight is 562 g/mol. The van der Waals surface area contributed by atoms with E-state index in [0.29, 0.717) is 5.92 Å². The second-order valence-electron chi connectivity index (χ2n) is 11.5. The minimum absolute atomic E-state index is 0.0344. The molecule has 3 heterocycles. The molecule has 4 aromatic rings. The second-order valence-corrected chi connectivity index (χ2v) is 11.5. The Labute approximate surface area is 253 Å². The molecule has 0 saturated carbocycles. The summed E-state index contributed by atoms with van der Waals surface area (Å²) in [5, 5.41) is 0.